The third kappa shape index (κ3) is 2.18. The molecular formula is C15H12N4O3. The number of pyridine rings is 1. The summed E-state index contributed by atoms with van der Waals surface area (Å²) >= 11 is 0. The van der Waals surface area contributed by atoms with E-state index in [1.807, 2.05) is 0 Å². The summed E-state index contributed by atoms with van der Waals surface area (Å²) in [4.78, 5) is 36.0. The van der Waals surface area contributed by atoms with Crippen LogP contribution in [0.4, 0.5) is 5.69 Å². The first kappa shape index (κ1) is 13.7. The SMILES string of the molecule is Cc1cc2ccc(N)cc2n(C(=O)c2ccc(=O)[nH]n2)c1=O. The monoisotopic (exact) mass is 296 g/mol. The van der Waals surface area contributed by atoms with Gasteiger partial charge < -0.3 is 5.73 Å². The molecule has 0 atom stereocenters. The molecule has 0 aliphatic carbocycles. The lowest BCUT2D eigenvalue weighted by atomic mass is 10.1. The van der Waals surface area contributed by atoms with E-state index in [1.165, 1.54) is 12.1 Å². The second-order valence-corrected chi connectivity index (χ2v) is 4.90. The van der Waals surface area contributed by atoms with Crippen molar-refractivity contribution in [1.82, 2.24) is 14.8 Å². The van der Waals surface area contributed by atoms with Crippen molar-refractivity contribution in [2.75, 3.05) is 5.73 Å². The van der Waals surface area contributed by atoms with Crippen molar-refractivity contribution in [2.24, 2.45) is 0 Å². The van der Waals surface area contributed by atoms with E-state index < -0.39 is 17.0 Å². The lowest BCUT2D eigenvalue weighted by Crippen LogP contribution is -2.30. The summed E-state index contributed by atoms with van der Waals surface area (Å²) in [5, 5.41) is 6.57. The van der Waals surface area contributed by atoms with Gasteiger partial charge in [0.2, 0.25) is 0 Å². The molecule has 22 heavy (non-hydrogen) atoms. The van der Waals surface area contributed by atoms with Gasteiger partial charge in [0.05, 0.1) is 5.52 Å². The van der Waals surface area contributed by atoms with Gasteiger partial charge in [-0.3, -0.25) is 14.4 Å². The number of rotatable bonds is 1. The quantitative estimate of drug-likeness (QED) is 0.641. The standard InChI is InChI=1S/C15H12N4O3/c1-8-6-9-2-3-10(16)7-12(9)19(14(8)21)15(22)11-4-5-13(20)18-17-11/h2-7H,16H2,1H3,(H,18,20). The van der Waals surface area contributed by atoms with Gasteiger partial charge in [-0.2, -0.15) is 5.10 Å². The minimum absolute atomic E-state index is 0.0315. The summed E-state index contributed by atoms with van der Waals surface area (Å²) in [6, 6.07) is 9.13. The molecule has 0 spiro atoms. The highest BCUT2D eigenvalue weighted by Gasteiger charge is 2.17. The van der Waals surface area contributed by atoms with Gasteiger partial charge >= 0.3 is 0 Å². The summed E-state index contributed by atoms with van der Waals surface area (Å²) in [5.41, 5.74) is 6.10. The van der Waals surface area contributed by atoms with Crippen LogP contribution in [0, 0.1) is 6.92 Å². The molecule has 0 amide bonds. The van der Waals surface area contributed by atoms with E-state index in [9.17, 15) is 14.4 Å². The maximum atomic E-state index is 12.6. The Kier molecular flexibility index (Phi) is 3.10. The predicted octanol–water partition coefficient (Wildman–Crippen LogP) is 0.664. The molecule has 7 nitrogen and oxygen atoms in total. The number of nitrogens with zero attached hydrogens (tertiary/aromatic N) is 2. The van der Waals surface area contributed by atoms with Crippen LogP contribution in [0.25, 0.3) is 10.9 Å². The lowest BCUT2D eigenvalue weighted by Gasteiger charge is -2.10. The number of hydrogen-bond acceptors (Lipinski definition) is 5. The molecule has 2 heterocycles. The zero-order valence-corrected chi connectivity index (χ0v) is 11.7. The number of H-pyrrole nitrogens is 1. The van der Waals surface area contributed by atoms with Crippen molar-refractivity contribution in [3.63, 3.8) is 0 Å². The minimum atomic E-state index is -0.624. The molecule has 0 bridgehead atoms. The fourth-order valence-electron chi connectivity index (χ4n) is 2.24. The fraction of sp³-hybridized carbons (Fsp3) is 0.0667. The Labute approximate surface area is 124 Å². The third-order valence-electron chi connectivity index (χ3n) is 3.31. The van der Waals surface area contributed by atoms with Gasteiger partial charge in [-0.25, -0.2) is 9.67 Å². The van der Waals surface area contributed by atoms with Crippen LogP contribution in [0.3, 0.4) is 0 Å². The number of hydrogen-bond donors (Lipinski definition) is 2. The Bertz CT molecular complexity index is 997. The summed E-state index contributed by atoms with van der Waals surface area (Å²) in [6.45, 7) is 1.63. The smallest absolute Gasteiger partial charge is 0.285 e. The zero-order valence-electron chi connectivity index (χ0n) is 11.7. The van der Waals surface area contributed by atoms with E-state index in [-0.39, 0.29) is 5.69 Å². The van der Waals surface area contributed by atoms with Gasteiger partial charge in [0.1, 0.15) is 5.69 Å². The normalized spacial score (nSPS) is 10.8. The Hall–Kier alpha value is -3.22. The lowest BCUT2D eigenvalue weighted by molar-refractivity contribution is 0.0955. The van der Waals surface area contributed by atoms with Gasteiger partial charge in [-0.05, 0) is 36.6 Å². The van der Waals surface area contributed by atoms with E-state index in [0.717, 1.165) is 4.57 Å². The van der Waals surface area contributed by atoms with Crippen LogP contribution in [-0.2, 0) is 0 Å². The average Bonchev–Trinajstić information content (AvgIpc) is 2.49. The second-order valence-electron chi connectivity index (χ2n) is 4.90. The molecule has 3 rings (SSSR count). The van der Waals surface area contributed by atoms with E-state index in [0.29, 0.717) is 22.2 Å². The van der Waals surface area contributed by atoms with Gasteiger partial charge in [0, 0.05) is 17.3 Å². The van der Waals surface area contributed by atoms with Crippen molar-refractivity contribution >= 4 is 22.5 Å². The van der Waals surface area contributed by atoms with E-state index >= 15 is 0 Å². The molecule has 0 aliphatic heterocycles. The molecule has 2 aromatic heterocycles. The zero-order chi connectivity index (χ0) is 15.9. The first-order valence-corrected chi connectivity index (χ1v) is 6.50. The van der Waals surface area contributed by atoms with Crippen molar-refractivity contribution in [1.29, 1.82) is 0 Å². The number of carbonyl (C=O) groups excluding carboxylic acids is 1. The number of aromatic nitrogens is 3. The molecule has 0 aliphatic rings. The molecule has 0 saturated heterocycles. The first-order chi connectivity index (χ1) is 10.5. The van der Waals surface area contributed by atoms with Crippen LogP contribution in [0.1, 0.15) is 16.1 Å². The number of carbonyl (C=O) groups is 1. The Balaban J connectivity index is 2.33. The van der Waals surface area contributed by atoms with Gasteiger partial charge in [-0.15, -0.1) is 0 Å². The third-order valence-corrected chi connectivity index (χ3v) is 3.31. The van der Waals surface area contributed by atoms with Gasteiger partial charge in [0.15, 0.2) is 0 Å². The average molecular weight is 296 g/mol. The van der Waals surface area contributed by atoms with E-state index in [4.69, 9.17) is 5.73 Å². The van der Waals surface area contributed by atoms with Crippen molar-refractivity contribution in [2.45, 2.75) is 6.92 Å². The van der Waals surface area contributed by atoms with Crippen molar-refractivity contribution in [3.8, 4) is 0 Å². The van der Waals surface area contributed by atoms with Crippen LogP contribution in [0.2, 0.25) is 0 Å². The summed E-state index contributed by atoms with van der Waals surface area (Å²) in [5.74, 6) is -0.624. The number of nitrogens with two attached hydrogens (primary N) is 1. The molecular weight excluding hydrogens is 284 g/mol. The van der Waals surface area contributed by atoms with Crippen LogP contribution in [-0.4, -0.2) is 20.7 Å². The molecule has 3 aromatic rings. The maximum absolute atomic E-state index is 12.6. The highest BCUT2D eigenvalue weighted by molar-refractivity contribution is 6.00. The van der Waals surface area contributed by atoms with Crippen LogP contribution < -0.4 is 16.9 Å². The van der Waals surface area contributed by atoms with E-state index in [2.05, 4.69) is 10.2 Å². The second kappa shape index (κ2) is 4.96. The van der Waals surface area contributed by atoms with Gasteiger partial charge in [-0.1, -0.05) is 6.07 Å². The topological polar surface area (TPSA) is 111 Å². The Morgan fingerprint density at radius 3 is 2.64 bits per heavy atom. The maximum Gasteiger partial charge on any atom is 0.285 e. The number of fused-ring (bicyclic) bond motifs is 1. The summed E-state index contributed by atoms with van der Waals surface area (Å²) in [7, 11) is 0. The number of benzene rings is 1. The van der Waals surface area contributed by atoms with Crippen LogP contribution in [0.5, 0.6) is 0 Å². The van der Waals surface area contributed by atoms with Gasteiger partial charge in [0.25, 0.3) is 17.0 Å². The number of aromatic amines is 1. The summed E-state index contributed by atoms with van der Waals surface area (Å²) in [6.07, 6.45) is 0. The molecule has 1 aromatic carbocycles. The number of nitrogens with one attached hydrogen (secondary N) is 1. The largest absolute Gasteiger partial charge is 0.399 e. The molecule has 0 saturated carbocycles. The first-order valence-electron chi connectivity index (χ1n) is 6.50. The highest BCUT2D eigenvalue weighted by Crippen LogP contribution is 2.17. The number of anilines is 1. The molecule has 3 N–H and O–H groups in total. The molecule has 7 heteroatoms. The van der Waals surface area contributed by atoms with Crippen LogP contribution >= 0.6 is 0 Å². The van der Waals surface area contributed by atoms with Crippen molar-refractivity contribution < 1.29 is 4.79 Å². The molecule has 0 radical (unpaired) electrons. The molecule has 110 valence electrons. The number of nitrogen functional groups attached to an aromatic ring is 1. The number of aryl methyl sites for hydroxylation is 1. The Morgan fingerprint density at radius 2 is 1.95 bits per heavy atom. The van der Waals surface area contributed by atoms with E-state index in [1.54, 1.807) is 31.2 Å². The minimum Gasteiger partial charge on any atom is -0.399 e. The predicted molar refractivity (Wildman–Crippen MR) is 81.9 cm³/mol. The van der Waals surface area contributed by atoms with Crippen molar-refractivity contribution in [3.05, 3.63) is 68.4 Å². The summed E-state index contributed by atoms with van der Waals surface area (Å²) < 4.78 is 1.02. The highest BCUT2D eigenvalue weighted by atomic mass is 16.2. The Morgan fingerprint density at radius 1 is 1.18 bits per heavy atom. The molecule has 0 unspecified atom stereocenters. The fourth-order valence-corrected chi connectivity index (χ4v) is 2.24. The molecule has 0 fully saturated rings. The van der Waals surface area contributed by atoms with Crippen LogP contribution in [0.15, 0.2) is 46.0 Å².